The van der Waals surface area contributed by atoms with E-state index in [1.807, 2.05) is 0 Å². The van der Waals surface area contributed by atoms with Crippen molar-refractivity contribution in [3.63, 3.8) is 0 Å². The third-order valence-corrected chi connectivity index (χ3v) is 3.86. The van der Waals surface area contributed by atoms with Gasteiger partial charge in [-0.1, -0.05) is 19.3 Å². The highest BCUT2D eigenvalue weighted by Crippen LogP contribution is 2.30. The fraction of sp³-hybridized carbons (Fsp3) is 0.467. The summed E-state index contributed by atoms with van der Waals surface area (Å²) in [6.07, 6.45) is 4.36. The number of nitrogens with zero attached hydrogens (tertiary/aromatic N) is 1. The molecule has 1 atom stereocenters. The van der Waals surface area contributed by atoms with Gasteiger partial charge in [-0.3, -0.25) is 0 Å². The number of carboxylic acids is 1. The summed E-state index contributed by atoms with van der Waals surface area (Å²) in [6.45, 7) is 0. The maximum Gasteiger partial charge on any atom is 0.326 e. The minimum Gasteiger partial charge on any atom is -0.480 e. The van der Waals surface area contributed by atoms with Gasteiger partial charge in [0.25, 0.3) is 0 Å². The first-order valence-electron chi connectivity index (χ1n) is 6.91. The van der Waals surface area contributed by atoms with E-state index in [0.717, 1.165) is 44.2 Å². The van der Waals surface area contributed by atoms with Crippen LogP contribution in [-0.2, 0) is 4.79 Å². The number of hydrogen-bond donors (Lipinski definition) is 2. The molecule has 0 radical (unpaired) electrons. The van der Waals surface area contributed by atoms with Crippen LogP contribution in [0, 0.1) is 28.9 Å². The van der Waals surface area contributed by atoms with Crippen LogP contribution in [0.15, 0.2) is 12.1 Å². The maximum absolute atomic E-state index is 13.8. The molecule has 1 fully saturated rings. The van der Waals surface area contributed by atoms with E-state index in [4.69, 9.17) is 5.26 Å². The summed E-state index contributed by atoms with van der Waals surface area (Å²) in [5.41, 5.74) is -0.618. The zero-order valence-corrected chi connectivity index (χ0v) is 11.4. The standard InChI is InChI=1S/C15H16F2N2O2/c16-11-6-9(8-18)7-12(17)14(11)19-13(15(20)21)10-4-2-1-3-5-10/h6-7,10,13,19H,1-5H2,(H,20,21). The summed E-state index contributed by atoms with van der Waals surface area (Å²) in [6, 6.07) is 2.41. The van der Waals surface area contributed by atoms with Crippen molar-refractivity contribution in [2.24, 2.45) is 5.92 Å². The molecule has 0 spiro atoms. The van der Waals surface area contributed by atoms with E-state index < -0.39 is 29.3 Å². The van der Waals surface area contributed by atoms with Crippen molar-refractivity contribution in [2.75, 3.05) is 5.32 Å². The van der Waals surface area contributed by atoms with E-state index in [9.17, 15) is 18.7 Å². The fourth-order valence-corrected chi connectivity index (χ4v) is 2.78. The molecule has 1 saturated carbocycles. The zero-order valence-electron chi connectivity index (χ0n) is 11.4. The van der Waals surface area contributed by atoms with Crippen LogP contribution in [0.3, 0.4) is 0 Å². The molecule has 0 aliphatic heterocycles. The Bertz CT molecular complexity index is 555. The van der Waals surface area contributed by atoms with Crippen LogP contribution in [0.2, 0.25) is 0 Å². The quantitative estimate of drug-likeness (QED) is 0.893. The molecule has 0 amide bonds. The number of halogens is 2. The van der Waals surface area contributed by atoms with Gasteiger partial charge < -0.3 is 10.4 Å². The second kappa shape index (κ2) is 6.53. The summed E-state index contributed by atoms with van der Waals surface area (Å²) >= 11 is 0. The Kier molecular flexibility index (Phi) is 4.73. The average Bonchev–Trinajstić information content (AvgIpc) is 2.46. The molecule has 2 rings (SSSR count). The Balaban J connectivity index is 2.25. The van der Waals surface area contributed by atoms with Gasteiger partial charge in [-0.2, -0.15) is 5.26 Å². The van der Waals surface area contributed by atoms with Crippen LogP contribution in [0.1, 0.15) is 37.7 Å². The highest BCUT2D eigenvalue weighted by molar-refractivity contribution is 5.78. The van der Waals surface area contributed by atoms with Gasteiger partial charge in [-0.05, 0) is 30.9 Å². The summed E-state index contributed by atoms with van der Waals surface area (Å²) < 4.78 is 27.7. The number of benzene rings is 1. The number of nitrogens with one attached hydrogen (secondary N) is 1. The maximum atomic E-state index is 13.8. The first-order chi connectivity index (χ1) is 10.0. The van der Waals surface area contributed by atoms with Gasteiger partial charge in [0.2, 0.25) is 0 Å². The molecule has 1 aliphatic rings. The van der Waals surface area contributed by atoms with E-state index in [-0.39, 0.29) is 11.5 Å². The van der Waals surface area contributed by atoms with Crippen LogP contribution in [0.25, 0.3) is 0 Å². The number of carbonyl (C=O) groups is 1. The molecule has 0 saturated heterocycles. The lowest BCUT2D eigenvalue weighted by Crippen LogP contribution is -2.38. The molecule has 1 aromatic rings. The largest absolute Gasteiger partial charge is 0.480 e. The summed E-state index contributed by atoms with van der Waals surface area (Å²) in [4.78, 5) is 11.4. The van der Waals surface area contributed by atoms with Crippen LogP contribution < -0.4 is 5.32 Å². The Morgan fingerprint density at radius 1 is 1.29 bits per heavy atom. The van der Waals surface area contributed by atoms with Crippen molar-refractivity contribution < 1.29 is 18.7 Å². The van der Waals surface area contributed by atoms with Gasteiger partial charge in [0.1, 0.15) is 11.7 Å². The molecule has 21 heavy (non-hydrogen) atoms. The normalized spacial score (nSPS) is 17.0. The third kappa shape index (κ3) is 3.48. The minimum absolute atomic E-state index is 0.139. The highest BCUT2D eigenvalue weighted by atomic mass is 19.1. The Morgan fingerprint density at radius 2 is 1.86 bits per heavy atom. The van der Waals surface area contributed by atoms with E-state index in [2.05, 4.69) is 5.32 Å². The van der Waals surface area contributed by atoms with E-state index in [0.29, 0.717) is 0 Å². The van der Waals surface area contributed by atoms with Crippen molar-refractivity contribution in [3.8, 4) is 6.07 Å². The van der Waals surface area contributed by atoms with Gasteiger partial charge in [0.05, 0.1) is 11.6 Å². The van der Waals surface area contributed by atoms with Crippen molar-refractivity contribution in [3.05, 3.63) is 29.3 Å². The average molecular weight is 294 g/mol. The predicted molar refractivity (Wildman–Crippen MR) is 72.7 cm³/mol. The molecule has 4 nitrogen and oxygen atoms in total. The van der Waals surface area contributed by atoms with Crippen molar-refractivity contribution in [2.45, 2.75) is 38.1 Å². The van der Waals surface area contributed by atoms with Crippen molar-refractivity contribution >= 4 is 11.7 Å². The molecule has 0 bridgehead atoms. The third-order valence-electron chi connectivity index (χ3n) is 3.86. The summed E-state index contributed by atoms with van der Waals surface area (Å²) in [5.74, 6) is -3.17. The SMILES string of the molecule is N#Cc1cc(F)c(NC(C(=O)O)C2CCCCC2)c(F)c1. The topological polar surface area (TPSA) is 73.1 Å². The molecule has 6 heteroatoms. The fourth-order valence-electron chi connectivity index (χ4n) is 2.78. The number of nitriles is 1. The second-order valence-electron chi connectivity index (χ2n) is 5.29. The molecule has 0 heterocycles. The molecule has 112 valence electrons. The van der Waals surface area contributed by atoms with Gasteiger partial charge in [0.15, 0.2) is 11.6 Å². The first-order valence-corrected chi connectivity index (χ1v) is 6.91. The molecule has 2 N–H and O–H groups in total. The van der Waals surface area contributed by atoms with E-state index in [1.165, 1.54) is 0 Å². The van der Waals surface area contributed by atoms with Gasteiger partial charge in [-0.15, -0.1) is 0 Å². The number of hydrogen-bond acceptors (Lipinski definition) is 3. The zero-order chi connectivity index (χ0) is 15.4. The van der Waals surface area contributed by atoms with Crippen LogP contribution in [0.4, 0.5) is 14.5 Å². The Hall–Kier alpha value is -2.16. The van der Waals surface area contributed by atoms with Crippen molar-refractivity contribution in [1.82, 2.24) is 0 Å². The van der Waals surface area contributed by atoms with Gasteiger partial charge in [-0.25, -0.2) is 13.6 Å². The molecule has 0 aromatic heterocycles. The summed E-state index contributed by atoms with van der Waals surface area (Å²) in [5, 5.41) is 20.4. The van der Waals surface area contributed by atoms with Crippen LogP contribution in [0.5, 0.6) is 0 Å². The smallest absolute Gasteiger partial charge is 0.326 e. The predicted octanol–water partition coefficient (Wildman–Crippen LogP) is 3.28. The van der Waals surface area contributed by atoms with Crippen LogP contribution in [-0.4, -0.2) is 17.1 Å². The van der Waals surface area contributed by atoms with Crippen molar-refractivity contribution in [1.29, 1.82) is 5.26 Å². The lowest BCUT2D eigenvalue weighted by molar-refractivity contribution is -0.139. The second-order valence-corrected chi connectivity index (χ2v) is 5.29. The molecule has 1 unspecified atom stereocenters. The Morgan fingerprint density at radius 3 is 2.33 bits per heavy atom. The van der Waals surface area contributed by atoms with Gasteiger partial charge in [0, 0.05) is 0 Å². The minimum atomic E-state index is -1.12. The lowest BCUT2D eigenvalue weighted by atomic mass is 9.83. The van der Waals surface area contributed by atoms with E-state index >= 15 is 0 Å². The van der Waals surface area contributed by atoms with E-state index in [1.54, 1.807) is 6.07 Å². The lowest BCUT2D eigenvalue weighted by Gasteiger charge is -2.28. The number of carboxylic acid groups (broad SMARTS) is 1. The first kappa shape index (κ1) is 15.2. The van der Waals surface area contributed by atoms with Crippen LogP contribution >= 0.6 is 0 Å². The summed E-state index contributed by atoms with van der Waals surface area (Å²) in [7, 11) is 0. The number of anilines is 1. The number of aliphatic carboxylic acids is 1. The van der Waals surface area contributed by atoms with Gasteiger partial charge >= 0.3 is 5.97 Å². The monoisotopic (exact) mass is 294 g/mol. The number of rotatable bonds is 4. The molecular weight excluding hydrogens is 278 g/mol. The molecule has 1 aliphatic carbocycles. The molecular formula is C15H16F2N2O2. The highest BCUT2D eigenvalue weighted by Gasteiger charge is 2.30. The Labute approximate surface area is 121 Å². The molecule has 1 aromatic carbocycles.